The first-order valence-electron chi connectivity index (χ1n) is 8.68. The molecule has 2 aromatic carbocycles. The summed E-state index contributed by atoms with van der Waals surface area (Å²) in [5.74, 6) is -0.151. The quantitative estimate of drug-likeness (QED) is 0.746. The van der Waals surface area contributed by atoms with Crippen molar-refractivity contribution in [1.29, 1.82) is 0 Å². The van der Waals surface area contributed by atoms with E-state index in [1.807, 2.05) is 51.1 Å². The second-order valence-electron chi connectivity index (χ2n) is 6.82. The maximum absolute atomic E-state index is 12.6. The van der Waals surface area contributed by atoms with Crippen LogP contribution in [0.5, 0.6) is 0 Å². The molecule has 0 aromatic heterocycles. The van der Waals surface area contributed by atoms with Crippen LogP contribution in [0, 0.1) is 12.8 Å². The average molecular weight is 375 g/mol. The molecule has 0 heterocycles. The molecule has 0 spiro atoms. The van der Waals surface area contributed by atoms with Gasteiger partial charge in [0.2, 0.25) is 15.9 Å². The zero-order chi connectivity index (χ0) is 19.2. The number of benzene rings is 2. The van der Waals surface area contributed by atoms with Gasteiger partial charge in [0.25, 0.3) is 0 Å². The summed E-state index contributed by atoms with van der Waals surface area (Å²) in [5.41, 5.74) is 1.94. The fourth-order valence-corrected chi connectivity index (χ4v) is 3.77. The van der Waals surface area contributed by atoms with Gasteiger partial charge >= 0.3 is 0 Å². The van der Waals surface area contributed by atoms with Gasteiger partial charge in [-0.3, -0.25) is 4.79 Å². The molecule has 0 aliphatic rings. The standard InChI is InChI=1S/C20H26N2O3S/c1-15(2)13-19(20(23)21-14-17-7-5-4-6-8-17)22-26(24,25)18-11-9-16(3)10-12-18/h4-12,15,19,22H,13-14H2,1-3H3,(H,21,23). The van der Waals surface area contributed by atoms with Gasteiger partial charge in [0.1, 0.15) is 6.04 Å². The number of hydrogen-bond acceptors (Lipinski definition) is 3. The van der Waals surface area contributed by atoms with E-state index in [-0.39, 0.29) is 16.7 Å². The van der Waals surface area contributed by atoms with Crippen molar-refractivity contribution < 1.29 is 13.2 Å². The van der Waals surface area contributed by atoms with E-state index in [9.17, 15) is 13.2 Å². The van der Waals surface area contributed by atoms with Crippen molar-refractivity contribution in [3.8, 4) is 0 Å². The summed E-state index contributed by atoms with van der Waals surface area (Å²) >= 11 is 0. The second-order valence-corrected chi connectivity index (χ2v) is 8.53. The molecule has 5 nitrogen and oxygen atoms in total. The third-order valence-electron chi connectivity index (χ3n) is 3.96. The molecule has 1 unspecified atom stereocenters. The number of sulfonamides is 1. The Balaban J connectivity index is 2.10. The van der Waals surface area contributed by atoms with Crippen LogP contribution in [-0.2, 0) is 21.4 Å². The third kappa shape index (κ3) is 5.97. The summed E-state index contributed by atoms with van der Waals surface area (Å²) in [5, 5.41) is 2.82. The lowest BCUT2D eigenvalue weighted by Gasteiger charge is -2.20. The fraction of sp³-hybridized carbons (Fsp3) is 0.350. The van der Waals surface area contributed by atoms with Crippen molar-refractivity contribution in [2.75, 3.05) is 0 Å². The monoisotopic (exact) mass is 374 g/mol. The van der Waals surface area contributed by atoms with Gasteiger partial charge in [0.15, 0.2) is 0 Å². The van der Waals surface area contributed by atoms with E-state index in [4.69, 9.17) is 0 Å². The van der Waals surface area contributed by atoms with Gasteiger partial charge < -0.3 is 5.32 Å². The van der Waals surface area contributed by atoms with Gasteiger partial charge in [-0.2, -0.15) is 4.72 Å². The number of hydrogen-bond donors (Lipinski definition) is 2. The van der Waals surface area contributed by atoms with Crippen molar-refractivity contribution in [2.45, 2.75) is 44.7 Å². The highest BCUT2D eigenvalue weighted by Gasteiger charge is 2.26. The number of rotatable bonds is 8. The molecule has 0 aliphatic carbocycles. The maximum Gasteiger partial charge on any atom is 0.241 e. The van der Waals surface area contributed by atoms with Gasteiger partial charge in [-0.25, -0.2) is 8.42 Å². The van der Waals surface area contributed by atoms with E-state index in [1.54, 1.807) is 24.3 Å². The molecule has 0 saturated heterocycles. The molecule has 0 radical (unpaired) electrons. The molecule has 1 amide bonds. The Bertz CT molecular complexity index is 816. The Hall–Kier alpha value is -2.18. The molecule has 2 N–H and O–H groups in total. The van der Waals surface area contributed by atoms with E-state index >= 15 is 0 Å². The summed E-state index contributed by atoms with van der Waals surface area (Å²) in [7, 11) is -3.76. The summed E-state index contributed by atoms with van der Waals surface area (Å²) in [6.45, 7) is 6.16. The zero-order valence-corrected chi connectivity index (χ0v) is 16.2. The van der Waals surface area contributed by atoms with E-state index in [0.717, 1.165) is 11.1 Å². The lowest BCUT2D eigenvalue weighted by atomic mass is 10.0. The number of nitrogens with one attached hydrogen (secondary N) is 2. The van der Waals surface area contributed by atoms with Gasteiger partial charge in [0, 0.05) is 6.54 Å². The Labute approximate surface area is 155 Å². The first kappa shape index (κ1) is 20.1. The average Bonchev–Trinajstić information content (AvgIpc) is 2.60. The smallest absolute Gasteiger partial charge is 0.241 e. The van der Waals surface area contributed by atoms with Crippen LogP contribution in [0.3, 0.4) is 0 Å². The lowest BCUT2D eigenvalue weighted by molar-refractivity contribution is -0.123. The SMILES string of the molecule is Cc1ccc(S(=O)(=O)NC(CC(C)C)C(=O)NCc2ccccc2)cc1. The van der Waals surface area contributed by atoms with Crippen LogP contribution in [0.2, 0.25) is 0 Å². The molecule has 2 aromatic rings. The van der Waals surface area contributed by atoms with Crippen LogP contribution in [0.25, 0.3) is 0 Å². The second kappa shape index (κ2) is 8.96. The molecule has 26 heavy (non-hydrogen) atoms. The van der Waals surface area contributed by atoms with Crippen LogP contribution < -0.4 is 10.0 Å². The van der Waals surface area contributed by atoms with Crippen molar-refractivity contribution in [3.05, 3.63) is 65.7 Å². The summed E-state index contributed by atoms with van der Waals surface area (Å²) in [6, 6.07) is 15.3. The van der Waals surface area contributed by atoms with Crippen LogP contribution in [0.4, 0.5) is 0 Å². The first-order chi connectivity index (χ1) is 12.3. The van der Waals surface area contributed by atoms with Crippen molar-refractivity contribution in [2.24, 2.45) is 5.92 Å². The van der Waals surface area contributed by atoms with Crippen LogP contribution in [0.1, 0.15) is 31.4 Å². The molecular weight excluding hydrogens is 348 g/mol. The highest BCUT2D eigenvalue weighted by molar-refractivity contribution is 7.89. The normalized spacial score (nSPS) is 12.8. The van der Waals surface area contributed by atoms with Crippen LogP contribution >= 0.6 is 0 Å². The molecular formula is C20H26N2O3S. The van der Waals surface area contributed by atoms with E-state index in [1.165, 1.54) is 0 Å². The minimum absolute atomic E-state index is 0.160. The highest BCUT2D eigenvalue weighted by atomic mass is 32.2. The molecule has 140 valence electrons. The first-order valence-corrected chi connectivity index (χ1v) is 10.2. The van der Waals surface area contributed by atoms with Crippen molar-refractivity contribution in [1.82, 2.24) is 10.0 Å². The predicted molar refractivity (Wildman–Crippen MR) is 103 cm³/mol. The topological polar surface area (TPSA) is 75.3 Å². The Kier molecular flexibility index (Phi) is 6.94. The van der Waals surface area contributed by atoms with Gasteiger partial charge in [-0.15, -0.1) is 0 Å². The molecule has 0 bridgehead atoms. The number of carbonyl (C=O) groups excluding carboxylic acids is 1. The highest BCUT2D eigenvalue weighted by Crippen LogP contribution is 2.13. The summed E-state index contributed by atoms with van der Waals surface area (Å²) < 4.78 is 27.8. The summed E-state index contributed by atoms with van der Waals surface area (Å²) in [6.07, 6.45) is 0.422. The zero-order valence-electron chi connectivity index (χ0n) is 15.4. The molecule has 6 heteroatoms. The Morgan fingerprint density at radius 1 is 1.00 bits per heavy atom. The van der Waals surface area contributed by atoms with Gasteiger partial charge in [-0.05, 0) is 37.0 Å². The molecule has 0 saturated carbocycles. The predicted octanol–water partition coefficient (Wildman–Crippen LogP) is 3.00. The van der Waals surface area contributed by atoms with Gasteiger partial charge in [0.05, 0.1) is 4.90 Å². The fourth-order valence-electron chi connectivity index (χ4n) is 2.56. The number of aryl methyl sites for hydroxylation is 1. The maximum atomic E-state index is 12.6. The Morgan fingerprint density at radius 2 is 1.62 bits per heavy atom. The minimum atomic E-state index is -3.76. The third-order valence-corrected chi connectivity index (χ3v) is 5.45. The van der Waals surface area contributed by atoms with Crippen LogP contribution in [-0.4, -0.2) is 20.4 Å². The van der Waals surface area contributed by atoms with Crippen molar-refractivity contribution >= 4 is 15.9 Å². The molecule has 0 aliphatic heterocycles. The molecule has 0 fully saturated rings. The van der Waals surface area contributed by atoms with E-state index in [2.05, 4.69) is 10.0 Å². The van der Waals surface area contributed by atoms with E-state index in [0.29, 0.717) is 13.0 Å². The van der Waals surface area contributed by atoms with Crippen LogP contribution in [0.15, 0.2) is 59.5 Å². The minimum Gasteiger partial charge on any atom is -0.351 e. The summed E-state index contributed by atoms with van der Waals surface area (Å²) in [4.78, 5) is 12.7. The van der Waals surface area contributed by atoms with E-state index < -0.39 is 16.1 Å². The Morgan fingerprint density at radius 3 is 2.19 bits per heavy atom. The molecule has 2 rings (SSSR count). The lowest BCUT2D eigenvalue weighted by Crippen LogP contribution is -2.47. The van der Waals surface area contributed by atoms with Gasteiger partial charge in [-0.1, -0.05) is 61.9 Å². The number of carbonyl (C=O) groups is 1. The van der Waals surface area contributed by atoms with Crippen molar-refractivity contribution in [3.63, 3.8) is 0 Å². The largest absolute Gasteiger partial charge is 0.351 e. The molecule has 1 atom stereocenters. The number of amides is 1.